The van der Waals surface area contributed by atoms with Gasteiger partial charge in [-0.25, -0.2) is 22.7 Å². The predicted molar refractivity (Wildman–Crippen MR) is 88.5 cm³/mol. The van der Waals surface area contributed by atoms with E-state index in [2.05, 4.69) is 20.3 Å². The fourth-order valence-corrected chi connectivity index (χ4v) is 3.74. The molecule has 0 aromatic carbocycles. The Labute approximate surface area is 147 Å². The van der Waals surface area contributed by atoms with Gasteiger partial charge in [0.05, 0.1) is 7.11 Å². The molecule has 0 unspecified atom stereocenters. The van der Waals surface area contributed by atoms with Crippen molar-refractivity contribution >= 4 is 39.3 Å². The van der Waals surface area contributed by atoms with Gasteiger partial charge in [-0.15, -0.1) is 11.3 Å². The number of anilines is 1. The molecule has 0 saturated heterocycles. The van der Waals surface area contributed by atoms with Crippen molar-refractivity contribution in [2.75, 3.05) is 12.4 Å². The molecule has 2 heterocycles. The number of nitrogens with one attached hydrogen (secondary N) is 2. The third-order valence-electron chi connectivity index (χ3n) is 2.47. The summed E-state index contributed by atoms with van der Waals surface area (Å²) < 4.78 is 30.7. The number of nitrogens with zero attached hydrogens (tertiary/aromatic N) is 3. The smallest absolute Gasteiger partial charge is 0.347 e. The fourth-order valence-electron chi connectivity index (χ4n) is 1.57. The number of aryl methyl sites for hydroxylation is 1. The summed E-state index contributed by atoms with van der Waals surface area (Å²) in [5.74, 6) is -1.40. The molecule has 136 valence electrons. The van der Waals surface area contributed by atoms with Crippen LogP contribution in [-0.4, -0.2) is 47.6 Å². The van der Waals surface area contributed by atoms with E-state index < -0.39 is 31.8 Å². The first-order valence-electron chi connectivity index (χ1n) is 6.14. The summed E-state index contributed by atoms with van der Waals surface area (Å²) in [6, 6.07) is -0.142. The highest BCUT2D eigenvalue weighted by Gasteiger charge is 2.26. The third-order valence-corrected chi connectivity index (χ3v) is 4.88. The Balaban J connectivity index is 0.00000312. The van der Waals surface area contributed by atoms with Crippen molar-refractivity contribution in [1.29, 1.82) is 0 Å². The maximum Gasteiger partial charge on any atom is 0.347 e. The van der Waals surface area contributed by atoms with E-state index in [1.54, 1.807) is 4.72 Å². The van der Waals surface area contributed by atoms with Gasteiger partial charge in [0, 0.05) is 0 Å². The van der Waals surface area contributed by atoms with Crippen molar-refractivity contribution in [3.8, 4) is 6.01 Å². The van der Waals surface area contributed by atoms with Crippen molar-refractivity contribution in [2.45, 2.75) is 19.2 Å². The molecule has 0 saturated carbocycles. The van der Waals surface area contributed by atoms with Crippen LogP contribution in [0.3, 0.4) is 0 Å². The Hall–Kier alpha value is -2.80. The summed E-state index contributed by atoms with van der Waals surface area (Å²) in [6.45, 7) is 1.52. The molecule has 0 aliphatic rings. The van der Waals surface area contributed by atoms with E-state index in [1.165, 1.54) is 19.4 Å². The van der Waals surface area contributed by atoms with Crippen molar-refractivity contribution in [3.05, 3.63) is 22.1 Å². The van der Waals surface area contributed by atoms with Crippen LogP contribution >= 0.6 is 11.3 Å². The topological polar surface area (TPSA) is 160 Å². The minimum Gasteiger partial charge on any atom is -0.477 e. The van der Waals surface area contributed by atoms with E-state index >= 15 is 0 Å². The summed E-state index contributed by atoms with van der Waals surface area (Å²) in [5.41, 5.74) is 0. The van der Waals surface area contributed by atoms with Crippen LogP contribution in [0.25, 0.3) is 0 Å². The molecule has 3 N–H and O–H groups in total. The second kappa shape index (κ2) is 7.85. The van der Waals surface area contributed by atoms with E-state index in [4.69, 9.17) is 9.84 Å². The zero-order valence-electron chi connectivity index (χ0n) is 12.3. The number of ether oxygens (including phenoxy) is 1. The molecule has 2 amide bonds. The number of aromatic carboxylic acids is 1. The number of hydrogen-bond donors (Lipinski definition) is 3. The summed E-state index contributed by atoms with van der Waals surface area (Å²) in [5, 5.41) is 12.3. The van der Waals surface area contributed by atoms with Gasteiger partial charge in [0.1, 0.15) is 15.6 Å². The molecule has 13 heteroatoms. The Morgan fingerprint density at radius 3 is 2.56 bits per heavy atom. The fraction of sp³-hybridized carbons (Fsp3) is 0.250. The van der Waals surface area contributed by atoms with Crippen LogP contribution in [0, 0.1) is 6.92 Å². The Morgan fingerprint density at radius 1 is 1.28 bits per heavy atom. The molecule has 2 rings (SSSR count). The van der Waals surface area contributed by atoms with Gasteiger partial charge in [0.25, 0.3) is 10.0 Å². The molecule has 2 aromatic rings. The highest BCUT2D eigenvalue weighted by atomic mass is 32.2. The molecule has 25 heavy (non-hydrogen) atoms. The van der Waals surface area contributed by atoms with Gasteiger partial charge in [-0.3, -0.25) is 5.32 Å². The summed E-state index contributed by atoms with van der Waals surface area (Å²) in [4.78, 5) is 33.2. The number of hydrogen-bond acceptors (Lipinski definition) is 9. The molecule has 0 spiro atoms. The van der Waals surface area contributed by atoms with E-state index in [9.17, 15) is 18.0 Å². The average molecular weight is 389 g/mol. The van der Waals surface area contributed by atoms with Crippen LogP contribution in [-0.2, 0) is 10.0 Å². The standard InChI is InChI=1S/C11H11N5O6S2.CH4/c1-5-12-9(15-11(13-5)22-2)14-10(19)16-24(20,21)6-3-4-23-7(6)8(17)18;/h3-4H,1-2H3,(H,17,18)(H2,12,13,14,15,16,19);1H4. The van der Waals surface area contributed by atoms with Crippen molar-refractivity contribution in [2.24, 2.45) is 0 Å². The Kier molecular flexibility index (Phi) is 6.36. The number of rotatable bonds is 5. The van der Waals surface area contributed by atoms with Gasteiger partial charge in [-0.05, 0) is 18.4 Å². The first-order chi connectivity index (χ1) is 11.2. The van der Waals surface area contributed by atoms with Crippen LogP contribution in [0.15, 0.2) is 16.3 Å². The minimum atomic E-state index is -4.37. The first-order valence-corrected chi connectivity index (χ1v) is 8.50. The minimum absolute atomic E-state index is 0. The molecule has 0 fully saturated rings. The molecule has 2 aromatic heterocycles. The molecule has 0 atom stereocenters. The molecule has 11 nitrogen and oxygen atoms in total. The van der Waals surface area contributed by atoms with Crippen LogP contribution < -0.4 is 14.8 Å². The number of urea groups is 1. The third kappa shape index (κ3) is 4.84. The van der Waals surface area contributed by atoms with Gasteiger partial charge >= 0.3 is 18.0 Å². The zero-order chi connectivity index (χ0) is 17.9. The van der Waals surface area contributed by atoms with Gasteiger partial charge < -0.3 is 9.84 Å². The lowest BCUT2D eigenvalue weighted by molar-refractivity contribution is 0.0698. The number of sulfonamides is 1. The number of aromatic nitrogens is 3. The van der Waals surface area contributed by atoms with Crippen LogP contribution in [0.1, 0.15) is 22.9 Å². The SMILES string of the molecule is C.COc1nc(C)nc(NC(=O)NS(=O)(=O)c2ccsc2C(=O)O)n1. The number of carboxylic acid groups (broad SMARTS) is 1. The highest BCUT2D eigenvalue weighted by Crippen LogP contribution is 2.21. The number of methoxy groups -OCH3 is 1. The number of carboxylic acids is 1. The maximum atomic E-state index is 12.1. The lowest BCUT2D eigenvalue weighted by Crippen LogP contribution is -2.35. The average Bonchev–Trinajstić information content (AvgIpc) is 2.96. The first kappa shape index (κ1) is 20.2. The van der Waals surface area contributed by atoms with Crippen molar-refractivity contribution < 1.29 is 27.9 Å². The van der Waals surface area contributed by atoms with E-state index in [-0.39, 0.29) is 25.2 Å². The summed E-state index contributed by atoms with van der Waals surface area (Å²) in [7, 11) is -3.06. The number of amides is 2. The number of thiophene rings is 1. The van der Waals surface area contributed by atoms with Crippen molar-refractivity contribution in [3.63, 3.8) is 0 Å². The molecule has 0 bridgehead atoms. The van der Waals surface area contributed by atoms with Crippen LogP contribution in [0.4, 0.5) is 10.7 Å². The molecular weight excluding hydrogens is 374 g/mol. The normalized spacial score (nSPS) is 10.5. The van der Waals surface area contributed by atoms with Crippen molar-refractivity contribution in [1.82, 2.24) is 19.7 Å². The zero-order valence-corrected chi connectivity index (χ0v) is 13.9. The van der Waals surface area contributed by atoms with E-state index in [0.29, 0.717) is 0 Å². The van der Waals surface area contributed by atoms with Crippen LogP contribution in [0.5, 0.6) is 6.01 Å². The molecule has 0 aliphatic heterocycles. The second-order valence-corrected chi connectivity index (χ2v) is 6.74. The van der Waals surface area contributed by atoms with Gasteiger partial charge in [0.2, 0.25) is 5.95 Å². The second-order valence-electron chi connectivity index (χ2n) is 4.17. The van der Waals surface area contributed by atoms with Gasteiger partial charge in [0.15, 0.2) is 0 Å². The lowest BCUT2D eigenvalue weighted by Gasteiger charge is -2.08. The number of carbonyl (C=O) groups is 2. The summed E-state index contributed by atoms with van der Waals surface area (Å²) in [6.07, 6.45) is 0. The maximum absolute atomic E-state index is 12.1. The Morgan fingerprint density at radius 2 is 1.96 bits per heavy atom. The molecular formula is C12H15N5O6S2. The quantitative estimate of drug-likeness (QED) is 0.680. The van der Waals surface area contributed by atoms with E-state index in [1.807, 2.05) is 0 Å². The Bertz CT molecular complexity index is 895. The van der Waals surface area contributed by atoms with E-state index in [0.717, 1.165) is 17.4 Å². The van der Waals surface area contributed by atoms with Gasteiger partial charge in [-0.2, -0.15) is 15.0 Å². The van der Waals surface area contributed by atoms with Gasteiger partial charge in [-0.1, -0.05) is 7.43 Å². The largest absolute Gasteiger partial charge is 0.477 e. The molecule has 0 aliphatic carbocycles. The summed E-state index contributed by atoms with van der Waals surface area (Å²) >= 11 is 0.723. The predicted octanol–water partition coefficient (Wildman–Crippen LogP) is 1.09. The van der Waals surface area contributed by atoms with Crippen LogP contribution in [0.2, 0.25) is 0 Å². The number of carbonyl (C=O) groups excluding carboxylic acids is 1. The lowest BCUT2D eigenvalue weighted by atomic mass is 10.5. The highest BCUT2D eigenvalue weighted by molar-refractivity contribution is 7.90. The monoisotopic (exact) mass is 389 g/mol. The molecule has 0 radical (unpaired) electrons.